The summed E-state index contributed by atoms with van der Waals surface area (Å²) >= 11 is 3.07. The van der Waals surface area contributed by atoms with Crippen LogP contribution in [0.5, 0.6) is 0 Å². The molecule has 0 aromatic carbocycles. The summed E-state index contributed by atoms with van der Waals surface area (Å²) in [5, 5.41) is 2.87. The van der Waals surface area contributed by atoms with E-state index in [1.165, 1.54) is 16.6 Å². The molecular weight excluding hydrogens is 242 g/mol. The molecule has 0 atom stereocenters. The van der Waals surface area contributed by atoms with Crippen molar-refractivity contribution in [3.63, 3.8) is 0 Å². The Morgan fingerprint density at radius 3 is 3.19 bits per heavy atom. The molecule has 0 spiro atoms. The Morgan fingerprint density at radius 2 is 2.50 bits per heavy atom. The largest absolute Gasteiger partial charge is 0.369 e. The predicted molar refractivity (Wildman–Crippen MR) is 65.6 cm³/mol. The van der Waals surface area contributed by atoms with E-state index in [1.54, 1.807) is 17.5 Å². The molecule has 4 nitrogen and oxygen atoms in total. The summed E-state index contributed by atoms with van der Waals surface area (Å²) in [6, 6.07) is 4.10. The number of aromatic nitrogens is 2. The standard InChI is InChI=1S/C10H11N3OS2/c11-9(14)7-16-10-12-3-4-13(10)6-8-2-1-5-15-8/h1-5H,6-7H2,(H2,11,14). The Bertz CT molecular complexity index is 464. The Labute approximate surface area is 101 Å². The number of thiophene rings is 1. The number of nitrogens with two attached hydrogens (primary N) is 1. The summed E-state index contributed by atoms with van der Waals surface area (Å²) < 4.78 is 2.01. The molecule has 0 fully saturated rings. The second kappa shape index (κ2) is 5.18. The van der Waals surface area contributed by atoms with Crippen LogP contribution in [0.25, 0.3) is 0 Å². The van der Waals surface area contributed by atoms with E-state index in [0.717, 1.165) is 11.7 Å². The molecule has 0 radical (unpaired) electrons. The van der Waals surface area contributed by atoms with Crippen LogP contribution in [0.1, 0.15) is 4.88 Å². The molecule has 2 N–H and O–H groups in total. The van der Waals surface area contributed by atoms with Crippen molar-refractivity contribution in [1.82, 2.24) is 9.55 Å². The molecule has 2 aromatic rings. The van der Waals surface area contributed by atoms with Gasteiger partial charge in [0.15, 0.2) is 5.16 Å². The minimum absolute atomic E-state index is 0.265. The summed E-state index contributed by atoms with van der Waals surface area (Å²) in [6.07, 6.45) is 3.64. The number of imidazole rings is 1. The Hall–Kier alpha value is -1.27. The van der Waals surface area contributed by atoms with E-state index in [1.807, 2.05) is 22.2 Å². The third kappa shape index (κ3) is 2.86. The zero-order chi connectivity index (χ0) is 11.4. The maximum absolute atomic E-state index is 10.7. The van der Waals surface area contributed by atoms with Crippen LogP contribution in [0.4, 0.5) is 0 Å². The van der Waals surface area contributed by atoms with Crippen LogP contribution < -0.4 is 5.73 Å². The van der Waals surface area contributed by atoms with Crippen molar-refractivity contribution in [2.75, 3.05) is 5.75 Å². The van der Waals surface area contributed by atoms with Crippen LogP contribution in [0.15, 0.2) is 35.1 Å². The topological polar surface area (TPSA) is 60.9 Å². The molecule has 84 valence electrons. The number of hydrogen-bond donors (Lipinski definition) is 1. The van der Waals surface area contributed by atoms with Crippen molar-refractivity contribution in [1.29, 1.82) is 0 Å². The Kier molecular flexibility index (Phi) is 3.63. The molecule has 16 heavy (non-hydrogen) atoms. The first-order valence-electron chi connectivity index (χ1n) is 4.70. The van der Waals surface area contributed by atoms with Crippen molar-refractivity contribution in [3.8, 4) is 0 Å². The van der Waals surface area contributed by atoms with Crippen LogP contribution in [-0.4, -0.2) is 21.2 Å². The molecule has 0 saturated carbocycles. The fourth-order valence-corrected chi connectivity index (χ4v) is 2.66. The van der Waals surface area contributed by atoms with E-state index in [-0.39, 0.29) is 11.7 Å². The van der Waals surface area contributed by atoms with Gasteiger partial charge in [-0.1, -0.05) is 17.8 Å². The van der Waals surface area contributed by atoms with Crippen LogP contribution in [0, 0.1) is 0 Å². The van der Waals surface area contributed by atoms with E-state index in [9.17, 15) is 4.79 Å². The van der Waals surface area contributed by atoms with Gasteiger partial charge in [-0.2, -0.15) is 0 Å². The second-order valence-corrected chi connectivity index (χ2v) is 5.15. The van der Waals surface area contributed by atoms with Gasteiger partial charge in [0.25, 0.3) is 0 Å². The summed E-state index contributed by atoms with van der Waals surface area (Å²) in [6.45, 7) is 0.790. The van der Waals surface area contributed by atoms with E-state index < -0.39 is 0 Å². The molecule has 6 heteroatoms. The third-order valence-electron chi connectivity index (χ3n) is 1.93. The summed E-state index contributed by atoms with van der Waals surface area (Å²) in [7, 11) is 0. The lowest BCUT2D eigenvalue weighted by molar-refractivity contribution is -0.115. The van der Waals surface area contributed by atoms with Gasteiger partial charge in [-0.05, 0) is 11.4 Å². The normalized spacial score (nSPS) is 10.5. The minimum atomic E-state index is -0.323. The number of hydrogen-bond acceptors (Lipinski definition) is 4. The van der Waals surface area contributed by atoms with Crippen LogP contribution in [0.3, 0.4) is 0 Å². The minimum Gasteiger partial charge on any atom is -0.369 e. The second-order valence-electron chi connectivity index (χ2n) is 3.17. The Morgan fingerprint density at radius 1 is 1.62 bits per heavy atom. The molecule has 0 aliphatic carbocycles. The zero-order valence-corrected chi connectivity index (χ0v) is 10.1. The first-order chi connectivity index (χ1) is 7.75. The first kappa shape index (κ1) is 11.2. The van der Waals surface area contributed by atoms with E-state index in [4.69, 9.17) is 5.73 Å². The lowest BCUT2D eigenvalue weighted by Crippen LogP contribution is -2.13. The smallest absolute Gasteiger partial charge is 0.227 e. The Balaban J connectivity index is 2.04. The van der Waals surface area contributed by atoms with Crippen molar-refractivity contribution in [3.05, 3.63) is 34.8 Å². The van der Waals surface area contributed by atoms with Crippen molar-refractivity contribution in [2.45, 2.75) is 11.7 Å². The van der Waals surface area contributed by atoms with Crippen LogP contribution in [-0.2, 0) is 11.3 Å². The van der Waals surface area contributed by atoms with Crippen molar-refractivity contribution < 1.29 is 4.79 Å². The van der Waals surface area contributed by atoms with Crippen LogP contribution >= 0.6 is 23.1 Å². The zero-order valence-electron chi connectivity index (χ0n) is 8.50. The van der Waals surface area contributed by atoms with Gasteiger partial charge < -0.3 is 10.3 Å². The van der Waals surface area contributed by atoms with Gasteiger partial charge in [-0.15, -0.1) is 11.3 Å². The van der Waals surface area contributed by atoms with Crippen LogP contribution in [0.2, 0.25) is 0 Å². The monoisotopic (exact) mass is 253 g/mol. The predicted octanol–water partition coefficient (Wildman–Crippen LogP) is 1.57. The molecule has 0 aliphatic rings. The number of carbonyl (C=O) groups excluding carboxylic acids is 1. The average molecular weight is 253 g/mol. The first-order valence-corrected chi connectivity index (χ1v) is 6.57. The summed E-state index contributed by atoms with van der Waals surface area (Å²) in [5.41, 5.74) is 5.10. The number of thioether (sulfide) groups is 1. The maximum Gasteiger partial charge on any atom is 0.227 e. The van der Waals surface area contributed by atoms with E-state index >= 15 is 0 Å². The number of amides is 1. The number of primary amides is 1. The average Bonchev–Trinajstić information content (AvgIpc) is 2.87. The fourth-order valence-electron chi connectivity index (χ4n) is 1.26. The van der Waals surface area contributed by atoms with Gasteiger partial charge in [0.2, 0.25) is 5.91 Å². The fraction of sp³-hybridized carbons (Fsp3) is 0.200. The molecule has 0 saturated heterocycles. The van der Waals surface area contributed by atoms with Gasteiger partial charge in [0.05, 0.1) is 12.3 Å². The van der Waals surface area contributed by atoms with Gasteiger partial charge >= 0.3 is 0 Å². The third-order valence-corrected chi connectivity index (χ3v) is 3.82. The van der Waals surface area contributed by atoms with Gasteiger partial charge in [0, 0.05) is 17.3 Å². The van der Waals surface area contributed by atoms with Gasteiger partial charge in [0.1, 0.15) is 0 Å². The highest BCUT2D eigenvalue weighted by Gasteiger charge is 2.06. The number of carbonyl (C=O) groups is 1. The van der Waals surface area contributed by atoms with E-state index in [2.05, 4.69) is 11.1 Å². The molecule has 0 bridgehead atoms. The quantitative estimate of drug-likeness (QED) is 0.823. The highest BCUT2D eigenvalue weighted by molar-refractivity contribution is 7.99. The molecule has 0 aliphatic heterocycles. The van der Waals surface area contributed by atoms with E-state index in [0.29, 0.717) is 0 Å². The van der Waals surface area contributed by atoms with Crippen molar-refractivity contribution in [2.24, 2.45) is 5.73 Å². The molecule has 0 unspecified atom stereocenters. The molecular formula is C10H11N3OS2. The van der Waals surface area contributed by atoms with Gasteiger partial charge in [-0.3, -0.25) is 4.79 Å². The molecule has 2 rings (SSSR count). The SMILES string of the molecule is NC(=O)CSc1nccn1Cc1cccs1. The molecule has 2 heterocycles. The lowest BCUT2D eigenvalue weighted by Gasteiger charge is -2.04. The number of rotatable bonds is 5. The summed E-state index contributed by atoms with van der Waals surface area (Å²) in [5.74, 6) is -0.0581. The summed E-state index contributed by atoms with van der Waals surface area (Å²) in [4.78, 5) is 16.1. The molecule has 2 aromatic heterocycles. The lowest BCUT2D eigenvalue weighted by atomic mass is 10.5. The van der Waals surface area contributed by atoms with Crippen molar-refractivity contribution >= 4 is 29.0 Å². The number of nitrogens with zero attached hydrogens (tertiary/aromatic N) is 2. The highest BCUT2D eigenvalue weighted by atomic mass is 32.2. The molecule has 1 amide bonds. The van der Waals surface area contributed by atoms with Gasteiger partial charge in [-0.25, -0.2) is 4.98 Å². The maximum atomic E-state index is 10.7. The highest BCUT2D eigenvalue weighted by Crippen LogP contribution is 2.18.